The van der Waals surface area contributed by atoms with E-state index >= 15 is 0 Å². The van der Waals surface area contributed by atoms with Crippen LogP contribution in [-0.2, 0) is 4.74 Å². The van der Waals surface area contributed by atoms with E-state index in [0.717, 1.165) is 12.8 Å². The average molecular weight is 430 g/mol. The average Bonchev–Trinajstić information content (AvgIpc) is 3.50. The first kappa shape index (κ1) is 19.6. The molecule has 10 heteroatoms. The number of aliphatic hydroxyl groups excluding tert-OH is 3. The van der Waals surface area contributed by atoms with Crippen molar-refractivity contribution in [3.05, 3.63) is 47.2 Å². The van der Waals surface area contributed by atoms with Crippen molar-refractivity contribution in [2.45, 2.75) is 49.3 Å². The van der Waals surface area contributed by atoms with Crippen LogP contribution >= 0.6 is 11.3 Å². The molecule has 1 aliphatic heterocycles. The van der Waals surface area contributed by atoms with E-state index in [2.05, 4.69) is 49.9 Å². The number of thiophene rings is 1. The molecule has 6 atom stereocenters. The van der Waals surface area contributed by atoms with Gasteiger partial charge < -0.3 is 25.4 Å². The monoisotopic (exact) mass is 429 g/mol. The topological polar surface area (TPSA) is 126 Å². The van der Waals surface area contributed by atoms with Gasteiger partial charge in [-0.15, -0.1) is 11.3 Å². The van der Waals surface area contributed by atoms with Crippen LogP contribution in [0.3, 0.4) is 0 Å². The number of fused-ring (bicyclic) bond motifs is 1. The molecule has 1 fully saturated rings. The Hall–Kier alpha value is -2.37. The first-order valence-electron chi connectivity index (χ1n) is 9.92. The second kappa shape index (κ2) is 8.05. The molecule has 1 saturated heterocycles. The number of aliphatic hydroxyl groups is 3. The Morgan fingerprint density at radius 3 is 2.80 bits per heavy atom. The van der Waals surface area contributed by atoms with Gasteiger partial charge in [0.1, 0.15) is 24.6 Å². The van der Waals surface area contributed by atoms with Gasteiger partial charge in [-0.2, -0.15) is 0 Å². The lowest BCUT2D eigenvalue weighted by molar-refractivity contribution is -0.0511. The second-order valence-electron chi connectivity index (χ2n) is 7.59. The third kappa shape index (κ3) is 3.30. The summed E-state index contributed by atoms with van der Waals surface area (Å²) in [6.07, 6.45) is 5.07. The number of imidazole rings is 1. The molecule has 4 heterocycles. The van der Waals surface area contributed by atoms with E-state index in [-0.39, 0.29) is 12.6 Å². The van der Waals surface area contributed by atoms with Gasteiger partial charge in [-0.1, -0.05) is 18.2 Å². The van der Waals surface area contributed by atoms with Gasteiger partial charge in [-0.25, -0.2) is 15.0 Å². The molecule has 158 valence electrons. The quantitative estimate of drug-likeness (QED) is 0.449. The molecule has 0 aromatic carbocycles. The highest BCUT2D eigenvalue weighted by molar-refractivity contribution is 7.10. The summed E-state index contributed by atoms with van der Waals surface area (Å²) in [7, 11) is 0. The fourth-order valence-corrected chi connectivity index (χ4v) is 5.13. The Morgan fingerprint density at radius 2 is 2.03 bits per heavy atom. The standard InChI is InChI=1S/C20H23N5O4S/c26-8-13-16(27)17(28)20(29-13)25-10-23-15-18(21-9-22-19(15)25)24-12-5-2-1-4-11(12)14-6-3-7-30-14/h1-3,6-7,9-13,16-17,20,26-28H,4-5,8H2,(H,21,22,24)/t11-,12-,13+,16+,17+,20+/m0/s1. The molecule has 4 N–H and O–H groups in total. The molecular weight excluding hydrogens is 406 g/mol. The van der Waals surface area contributed by atoms with E-state index in [9.17, 15) is 15.3 Å². The Kier molecular flexibility index (Phi) is 5.25. The van der Waals surface area contributed by atoms with Crippen LogP contribution in [0.15, 0.2) is 42.3 Å². The molecule has 0 radical (unpaired) electrons. The molecule has 2 aliphatic rings. The van der Waals surface area contributed by atoms with Crippen molar-refractivity contribution in [2.75, 3.05) is 11.9 Å². The van der Waals surface area contributed by atoms with Crippen LogP contribution in [0.5, 0.6) is 0 Å². The minimum absolute atomic E-state index is 0.172. The number of rotatable bonds is 5. The van der Waals surface area contributed by atoms with E-state index in [0.29, 0.717) is 22.9 Å². The van der Waals surface area contributed by atoms with Crippen LogP contribution in [0.4, 0.5) is 5.82 Å². The third-order valence-electron chi connectivity index (χ3n) is 5.81. The number of nitrogens with one attached hydrogen (secondary N) is 1. The Labute approximate surface area is 176 Å². The van der Waals surface area contributed by atoms with Crippen LogP contribution in [0.2, 0.25) is 0 Å². The first-order valence-corrected chi connectivity index (χ1v) is 10.8. The summed E-state index contributed by atoms with van der Waals surface area (Å²) >= 11 is 1.76. The summed E-state index contributed by atoms with van der Waals surface area (Å²) in [5, 5.41) is 35.4. The van der Waals surface area contributed by atoms with Gasteiger partial charge in [0.2, 0.25) is 0 Å². The molecule has 0 unspecified atom stereocenters. The molecule has 5 rings (SSSR count). The lowest BCUT2D eigenvalue weighted by Gasteiger charge is -2.29. The summed E-state index contributed by atoms with van der Waals surface area (Å²) in [4.78, 5) is 14.5. The van der Waals surface area contributed by atoms with Crippen molar-refractivity contribution in [2.24, 2.45) is 0 Å². The van der Waals surface area contributed by atoms with Gasteiger partial charge in [0.25, 0.3) is 0 Å². The largest absolute Gasteiger partial charge is 0.394 e. The van der Waals surface area contributed by atoms with Crippen LogP contribution < -0.4 is 5.32 Å². The molecule has 3 aromatic heterocycles. The van der Waals surface area contributed by atoms with Crippen molar-refractivity contribution in [3.63, 3.8) is 0 Å². The summed E-state index contributed by atoms with van der Waals surface area (Å²) in [5.41, 5.74) is 1.05. The van der Waals surface area contributed by atoms with E-state index in [4.69, 9.17) is 4.74 Å². The highest BCUT2D eigenvalue weighted by Gasteiger charge is 2.44. The van der Waals surface area contributed by atoms with Gasteiger partial charge in [0, 0.05) is 16.8 Å². The number of ether oxygens (including phenoxy) is 1. The maximum absolute atomic E-state index is 10.4. The number of allylic oxidation sites excluding steroid dienone is 1. The van der Waals surface area contributed by atoms with E-state index < -0.39 is 24.5 Å². The number of nitrogens with zero attached hydrogens (tertiary/aromatic N) is 4. The first-order chi connectivity index (χ1) is 14.7. The predicted molar refractivity (Wildman–Crippen MR) is 111 cm³/mol. The molecule has 0 amide bonds. The number of anilines is 1. The maximum Gasteiger partial charge on any atom is 0.167 e. The van der Waals surface area contributed by atoms with E-state index in [1.165, 1.54) is 17.5 Å². The fourth-order valence-electron chi connectivity index (χ4n) is 4.22. The molecule has 0 spiro atoms. The number of hydrogen-bond donors (Lipinski definition) is 4. The van der Waals surface area contributed by atoms with Gasteiger partial charge in [-0.3, -0.25) is 4.57 Å². The lowest BCUT2D eigenvalue weighted by atomic mass is 9.88. The molecule has 30 heavy (non-hydrogen) atoms. The molecule has 0 bridgehead atoms. The zero-order valence-corrected chi connectivity index (χ0v) is 16.9. The second-order valence-corrected chi connectivity index (χ2v) is 8.57. The van der Waals surface area contributed by atoms with Crippen molar-refractivity contribution in [3.8, 4) is 0 Å². The summed E-state index contributed by atoms with van der Waals surface area (Å²) in [5.74, 6) is 0.967. The Morgan fingerprint density at radius 1 is 1.17 bits per heavy atom. The van der Waals surface area contributed by atoms with E-state index in [1.54, 1.807) is 15.9 Å². The van der Waals surface area contributed by atoms with Crippen molar-refractivity contribution in [1.29, 1.82) is 0 Å². The highest BCUT2D eigenvalue weighted by Crippen LogP contribution is 2.36. The zero-order valence-electron chi connectivity index (χ0n) is 16.1. The minimum Gasteiger partial charge on any atom is -0.394 e. The molecule has 3 aromatic rings. The van der Waals surface area contributed by atoms with Crippen molar-refractivity contribution < 1.29 is 20.1 Å². The van der Waals surface area contributed by atoms with Crippen LogP contribution in [-0.4, -0.2) is 65.8 Å². The molecule has 1 aliphatic carbocycles. The molecule has 9 nitrogen and oxygen atoms in total. The highest BCUT2D eigenvalue weighted by atomic mass is 32.1. The summed E-state index contributed by atoms with van der Waals surface area (Å²) in [6.45, 7) is -0.386. The smallest absolute Gasteiger partial charge is 0.167 e. The van der Waals surface area contributed by atoms with Crippen molar-refractivity contribution in [1.82, 2.24) is 19.5 Å². The minimum atomic E-state index is -1.20. The maximum atomic E-state index is 10.4. The van der Waals surface area contributed by atoms with Gasteiger partial charge in [-0.05, 0) is 24.3 Å². The Bertz CT molecular complexity index is 1040. The Balaban J connectivity index is 1.45. The normalized spacial score (nSPS) is 31.4. The zero-order chi connectivity index (χ0) is 20.7. The van der Waals surface area contributed by atoms with Crippen LogP contribution in [0.1, 0.15) is 29.9 Å². The fraction of sp³-hybridized carbons (Fsp3) is 0.450. The van der Waals surface area contributed by atoms with Crippen LogP contribution in [0, 0.1) is 0 Å². The SMILES string of the molecule is OC[C@H]1O[C@@H](n2cnc3c(N[C@H]4CC=CC[C@@H]4c4cccs4)ncnc32)[C@H](O)[C@@H]1O. The predicted octanol–water partition coefficient (Wildman–Crippen LogP) is 1.41. The summed E-state index contributed by atoms with van der Waals surface area (Å²) in [6, 6.07) is 4.40. The lowest BCUT2D eigenvalue weighted by Crippen LogP contribution is -2.33. The third-order valence-corrected chi connectivity index (χ3v) is 6.82. The number of aromatic nitrogens is 4. The molecule has 0 saturated carbocycles. The van der Waals surface area contributed by atoms with Crippen LogP contribution in [0.25, 0.3) is 11.2 Å². The van der Waals surface area contributed by atoms with Gasteiger partial charge >= 0.3 is 0 Å². The summed E-state index contributed by atoms with van der Waals surface area (Å²) < 4.78 is 7.20. The van der Waals surface area contributed by atoms with Gasteiger partial charge in [0.05, 0.1) is 12.9 Å². The molecular formula is C20H23N5O4S. The number of hydrogen-bond acceptors (Lipinski definition) is 9. The van der Waals surface area contributed by atoms with E-state index in [1.807, 2.05) is 0 Å². The van der Waals surface area contributed by atoms with Crippen molar-refractivity contribution >= 4 is 28.3 Å². The van der Waals surface area contributed by atoms with Gasteiger partial charge in [0.15, 0.2) is 23.2 Å².